The number of amides is 1. The zero-order valence-corrected chi connectivity index (χ0v) is 14.6. The number of hydrogen-bond acceptors (Lipinski definition) is 4. The van der Waals surface area contributed by atoms with Crippen molar-refractivity contribution in [2.75, 3.05) is 13.6 Å². The van der Waals surface area contributed by atoms with Crippen molar-refractivity contribution in [3.63, 3.8) is 0 Å². The van der Waals surface area contributed by atoms with Gasteiger partial charge in [-0.1, -0.05) is 18.2 Å². The van der Waals surface area contributed by atoms with Crippen LogP contribution in [0.25, 0.3) is 16.7 Å². The zero-order chi connectivity index (χ0) is 19.8. The maximum atomic E-state index is 12.6. The second-order valence-electron chi connectivity index (χ2n) is 6.12. The molecule has 0 radical (unpaired) electrons. The summed E-state index contributed by atoms with van der Waals surface area (Å²) in [6.07, 6.45) is -2.04. The lowest BCUT2D eigenvalue weighted by Gasteiger charge is -2.19. The van der Waals surface area contributed by atoms with E-state index in [0.717, 1.165) is 29.2 Å². The topological polar surface area (TPSA) is 73.0 Å². The van der Waals surface area contributed by atoms with Crippen molar-refractivity contribution in [2.24, 2.45) is 0 Å². The van der Waals surface area contributed by atoms with Gasteiger partial charge in [-0.25, -0.2) is 9.67 Å². The van der Waals surface area contributed by atoms with Gasteiger partial charge in [-0.3, -0.25) is 14.2 Å². The van der Waals surface area contributed by atoms with E-state index >= 15 is 0 Å². The van der Waals surface area contributed by atoms with Crippen LogP contribution in [0, 0.1) is 6.92 Å². The molecule has 0 aliphatic carbocycles. The Hall–Kier alpha value is -3.17. The fourth-order valence-corrected chi connectivity index (χ4v) is 2.66. The van der Waals surface area contributed by atoms with Crippen LogP contribution in [-0.2, 0) is 11.3 Å². The lowest BCUT2D eigenvalue weighted by Crippen LogP contribution is -2.39. The van der Waals surface area contributed by atoms with Gasteiger partial charge >= 0.3 is 6.18 Å². The molecule has 1 amide bonds. The van der Waals surface area contributed by atoms with Crippen molar-refractivity contribution in [3.05, 3.63) is 52.7 Å². The van der Waals surface area contributed by atoms with Gasteiger partial charge in [0.2, 0.25) is 5.91 Å². The van der Waals surface area contributed by atoms with Crippen molar-refractivity contribution in [2.45, 2.75) is 19.6 Å². The number of halogens is 3. The number of likely N-dealkylation sites (N-methyl/N-ethyl adjacent to an activating group) is 1. The third kappa shape index (κ3) is 3.83. The minimum atomic E-state index is -4.51. The van der Waals surface area contributed by atoms with E-state index in [1.165, 1.54) is 10.9 Å². The predicted octanol–water partition coefficient (Wildman–Crippen LogP) is 1.91. The van der Waals surface area contributed by atoms with Gasteiger partial charge < -0.3 is 4.90 Å². The van der Waals surface area contributed by atoms with Gasteiger partial charge in [0.1, 0.15) is 24.8 Å². The molecule has 0 aliphatic rings. The van der Waals surface area contributed by atoms with Gasteiger partial charge in [-0.2, -0.15) is 18.3 Å². The summed E-state index contributed by atoms with van der Waals surface area (Å²) < 4.78 is 39.7. The molecule has 0 saturated carbocycles. The monoisotopic (exact) mass is 379 g/mol. The molecule has 0 bridgehead atoms. The fourth-order valence-electron chi connectivity index (χ4n) is 2.66. The first-order valence-electron chi connectivity index (χ1n) is 7.97. The molecule has 10 heteroatoms. The molecule has 0 spiro atoms. The Labute approximate surface area is 151 Å². The lowest BCUT2D eigenvalue weighted by molar-refractivity contribution is -0.158. The van der Waals surface area contributed by atoms with E-state index in [2.05, 4.69) is 10.1 Å². The van der Waals surface area contributed by atoms with Crippen molar-refractivity contribution in [3.8, 4) is 5.69 Å². The highest BCUT2D eigenvalue weighted by Crippen LogP contribution is 2.17. The summed E-state index contributed by atoms with van der Waals surface area (Å²) in [4.78, 5) is 29.2. The van der Waals surface area contributed by atoms with Crippen molar-refractivity contribution < 1.29 is 18.0 Å². The summed E-state index contributed by atoms with van der Waals surface area (Å²) in [5.74, 6) is -0.845. The Balaban J connectivity index is 1.92. The molecule has 27 heavy (non-hydrogen) atoms. The molecule has 0 atom stereocenters. The summed E-state index contributed by atoms with van der Waals surface area (Å²) in [6.45, 7) is -0.0371. The Bertz CT molecular complexity index is 1050. The normalized spacial score (nSPS) is 11.7. The number of carbonyl (C=O) groups excluding carboxylic acids is 1. The van der Waals surface area contributed by atoms with Crippen LogP contribution in [-0.4, -0.2) is 49.9 Å². The van der Waals surface area contributed by atoms with Gasteiger partial charge in [-0.05, 0) is 18.6 Å². The standard InChI is InChI=1S/C17H16F3N5O2/c1-11-5-3-4-6-13(11)25-15-12(7-22-25)16(27)24(10-21-15)8-14(26)23(2)9-17(18,19)20/h3-7,10H,8-9H2,1-2H3. The van der Waals surface area contributed by atoms with Gasteiger partial charge in [0.05, 0.1) is 11.9 Å². The molecule has 142 valence electrons. The number of carbonyl (C=O) groups is 1. The number of rotatable bonds is 4. The molecule has 0 aliphatic heterocycles. The number of alkyl halides is 3. The van der Waals surface area contributed by atoms with Crippen LogP contribution in [0.5, 0.6) is 0 Å². The molecule has 0 N–H and O–H groups in total. The molecule has 0 fully saturated rings. The fraction of sp³-hybridized carbons (Fsp3) is 0.294. The van der Waals surface area contributed by atoms with Gasteiger partial charge in [0, 0.05) is 7.05 Å². The van der Waals surface area contributed by atoms with Crippen LogP contribution in [0.1, 0.15) is 5.56 Å². The summed E-state index contributed by atoms with van der Waals surface area (Å²) >= 11 is 0. The Morgan fingerprint density at radius 1 is 1.26 bits per heavy atom. The van der Waals surface area contributed by atoms with E-state index in [4.69, 9.17) is 0 Å². The van der Waals surface area contributed by atoms with E-state index in [0.29, 0.717) is 10.5 Å². The van der Waals surface area contributed by atoms with Crippen molar-refractivity contribution in [1.82, 2.24) is 24.2 Å². The van der Waals surface area contributed by atoms with Gasteiger partial charge in [0.25, 0.3) is 5.56 Å². The second-order valence-corrected chi connectivity index (χ2v) is 6.12. The SMILES string of the molecule is Cc1ccccc1-n1ncc2c(=O)n(CC(=O)N(C)CC(F)(F)F)cnc21. The lowest BCUT2D eigenvalue weighted by atomic mass is 10.2. The van der Waals surface area contributed by atoms with Crippen LogP contribution < -0.4 is 5.56 Å². The van der Waals surface area contributed by atoms with Crippen LogP contribution in [0.15, 0.2) is 41.6 Å². The van der Waals surface area contributed by atoms with Crippen LogP contribution in [0.4, 0.5) is 13.2 Å². The molecular formula is C17H16F3N5O2. The van der Waals surface area contributed by atoms with E-state index in [1.807, 2.05) is 31.2 Å². The van der Waals surface area contributed by atoms with Crippen LogP contribution in [0.2, 0.25) is 0 Å². The Morgan fingerprint density at radius 3 is 2.63 bits per heavy atom. The first kappa shape index (κ1) is 18.6. The molecular weight excluding hydrogens is 363 g/mol. The first-order valence-corrected chi connectivity index (χ1v) is 7.97. The average Bonchev–Trinajstić information content (AvgIpc) is 3.01. The number of aryl methyl sites for hydroxylation is 1. The van der Waals surface area contributed by atoms with E-state index in [1.54, 1.807) is 0 Å². The number of hydrogen-bond donors (Lipinski definition) is 0. The minimum absolute atomic E-state index is 0.173. The van der Waals surface area contributed by atoms with Gasteiger partial charge in [-0.15, -0.1) is 0 Å². The maximum absolute atomic E-state index is 12.6. The molecule has 3 rings (SSSR count). The van der Waals surface area contributed by atoms with Gasteiger partial charge in [0.15, 0.2) is 5.65 Å². The third-order valence-corrected chi connectivity index (χ3v) is 4.05. The molecule has 2 aromatic heterocycles. The minimum Gasteiger partial charge on any atom is -0.335 e. The summed E-state index contributed by atoms with van der Waals surface area (Å²) in [6, 6.07) is 7.41. The number of para-hydroxylation sites is 1. The van der Waals surface area contributed by atoms with Crippen LogP contribution in [0.3, 0.4) is 0 Å². The highest BCUT2D eigenvalue weighted by molar-refractivity contribution is 5.78. The Morgan fingerprint density at radius 2 is 1.96 bits per heavy atom. The number of nitrogens with zero attached hydrogens (tertiary/aromatic N) is 5. The largest absolute Gasteiger partial charge is 0.406 e. The maximum Gasteiger partial charge on any atom is 0.406 e. The highest BCUT2D eigenvalue weighted by Gasteiger charge is 2.31. The quantitative estimate of drug-likeness (QED) is 0.694. The zero-order valence-electron chi connectivity index (χ0n) is 14.6. The van der Waals surface area contributed by atoms with Crippen molar-refractivity contribution in [1.29, 1.82) is 0 Å². The van der Waals surface area contributed by atoms with E-state index < -0.39 is 30.7 Å². The number of aromatic nitrogens is 4. The van der Waals surface area contributed by atoms with E-state index in [-0.39, 0.29) is 5.39 Å². The molecule has 3 aromatic rings. The third-order valence-electron chi connectivity index (χ3n) is 4.05. The van der Waals surface area contributed by atoms with Crippen molar-refractivity contribution >= 4 is 16.9 Å². The summed E-state index contributed by atoms with van der Waals surface area (Å²) in [5.41, 5.74) is 1.44. The number of fused-ring (bicyclic) bond motifs is 1. The average molecular weight is 379 g/mol. The predicted molar refractivity (Wildman–Crippen MR) is 91.6 cm³/mol. The molecule has 0 unspecified atom stereocenters. The summed E-state index contributed by atoms with van der Waals surface area (Å²) in [7, 11) is 1.03. The molecule has 0 saturated heterocycles. The van der Waals surface area contributed by atoms with E-state index in [9.17, 15) is 22.8 Å². The smallest absolute Gasteiger partial charge is 0.335 e. The Kier molecular flexibility index (Phi) is 4.73. The second kappa shape index (κ2) is 6.86. The molecule has 1 aromatic carbocycles. The molecule has 2 heterocycles. The first-order chi connectivity index (χ1) is 12.7. The van der Waals surface area contributed by atoms with Crippen LogP contribution >= 0.6 is 0 Å². The summed E-state index contributed by atoms with van der Waals surface area (Å²) in [5, 5.41) is 4.36. The highest BCUT2D eigenvalue weighted by atomic mass is 19.4. The number of benzene rings is 1. The molecule has 7 nitrogen and oxygen atoms in total.